The molecule has 7 nitrogen and oxygen atoms in total. The van der Waals surface area contributed by atoms with Crippen LogP contribution in [0.2, 0.25) is 5.02 Å². The first-order chi connectivity index (χ1) is 14.6. The van der Waals surface area contributed by atoms with Gasteiger partial charge < -0.3 is 4.74 Å². The van der Waals surface area contributed by atoms with Crippen molar-refractivity contribution in [1.82, 2.24) is 9.29 Å². The SMILES string of the molecule is CC(C)N(C(C)C)S(=O)(=O)c1ccc2nc(NC(=O)COc3ccc(Cl)cc3)sc2c1. The number of aromatic nitrogens is 1. The summed E-state index contributed by atoms with van der Waals surface area (Å²) in [6, 6.07) is 11.2. The standard InChI is InChI=1S/C21H24ClN3O4S2/c1-13(2)25(14(3)4)31(27,28)17-9-10-18-19(11-17)30-21(23-18)24-20(26)12-29-16-7-5-15(22)6-8-16/h5-11,13-14H,12H2,1-4H3,(H,23,24,26). The fourth-order valence-electron chi connectivity index (χ4n) is 3.23. The van der Waals surface area contributed by atoms with Gasteiger partial charge >= 0.3 is 0 Å². The first-order valence-electron chi connectivity index (χ1n) is 9.70. The number of nitrogens with zero attached hydrogens (tertiary/aromatic N) is 2. The van der Waals surface area contributed by atoms with Crippen LogP contribution in [0.15, 0.2) is 47.4 Å². The highest BCUT2D eigenvalue weighted by Gasteiger charge is 2.29. The van der Waals surface area contributed by atoms with Gasteiger partial charge in [-0.1, -0.05) is 22.9 Å². The summed E-state index contributed by atoms with van der Waals surface area (Å²) >= 11 is 7.03. The van der Waals surface area contributed by atoms with Crippen molar-refractivity contribution in [2.75, 3.05) is 11.9 Å². The molecular weight excluding hydrogens is 458 g/mol. The lowest BCUT2D eigenvalue weighted by Gasteiger charge is -2.29. The van der Waals surface area contributed by atoms with Gasteiger partial charge in [0.15, 0.2) is 11.7 Å². The van der Waals surface area contributed by atoms with E-state index < -0.39 is 10.0 Å². The van der Waals surface area contributed by atoms with Crippen LogP contribution in [-0.2, 0) is 14.8 Å². The Morgan fingerprint density at radius 1 is 1.13 bits per heavy atom. The van der Waals surface area contributed by atoms with E-state index in [4.69, 9.17) is 16.3 Å². The number of thiazole rings is 1. The predicted octanol–water partition coefficient (Wildman–Crippen LogP) is 4.77. The first-order valence-corrected chi connectivity index (χ1v) is 12.3. The molecule has 3 aromatic rings. The summed E-state index contributed by atoms with van der Waals surface area (Å²) in [6.45, 7) is 7.21. The van der Waals surface area contributed by atoms with Crippen LogP contribution in [0.25, 0.3) is 10.2 Å². The van der Waals surface area contributed by atoms with E-state index in [-0.39, 0.29) is 29.5 Å². The van der Waals surface area contributed by atoms with Crippen molar-refractivity contribution < 1.29 is 17.9 Å². The molecule has 0 bridgehead atoms. The maximum Gasteiger partial charge on any atom is 0.264 e. The summed E-state index contributed by atoms with van der Waals surface area (Å²) in [5, 5.41) is 3.64. The Bertz CT molecular complexity index is 1170. The number of anilines is 1. The number of carbonyl (C=O) groups excluding carboxylic acids is 1. The van der Waals surface area contributed by atoms with E-state index >= 15 is 0 Å². The smallest absolute Gasteiger partial charge is 0.264 e. The van der Waals surface area contributed by atoms with Gasteiger partial charge in [-0.2, -0.15) is 4.31 Å². The van der Waals surface area contributed by atoms with Gasteiger partial charge in [0.1, 0.15) is 5.75 Å². The van der Waals surface area contributed by atoms with E-state index in [1.807, 2.05) is 27.7 Å². The molecule has 0 fully saturated rings. The van der Waals surface area contributed by atoms with Gasteiger partial charge in [0.2, 0.25) is 10.0 Å². The van der Waals surface area contributed by atoms with Gasteiger partial charge in [0.25, 0.3) is 5.91 Å². The summed E-state index contributed by atoms with van der Waals surface area (Å²) in [5.74, 6) is 0.159. The van der Waals surface area contributed by atoms with Gasteiger partial charge in [0.05, 0.1) is 15.1 Å². The van der Waals surface area contributed by atoms with E-state index in [1.165, 1.54) is 15.6 Å². The fourth-order valence-corrected chi connectivity index (χ4v) is 6.21. The van der Waals surface area contributed by atoms with Crippen molar-refractivity contribution in [2.24, 2.45) is 0 Å². The van der Waals surface area contributed by atoms with Gasteiger partial charge in [-0.15, -0.1) is 0 Å². The van der Waals surface area contributed by atoms with Crippen molar-refractivity contribution in [3.8, 4) is 5.75 Å². The quantitative estimate of drug-likeness (QED) is 0.500. The minimum absolute atomic E-state index is 0.169. The highest BCUT2D eigenvalue weighted by Crippen LogP contribution is 2.30. The van der Waals surface area contributed by atoms with E-state index in [2.05, 4.69) is 10.3 Å². The molecule has 0 spiro atoms. The largest absolute Gasteiger partial charge is 0.484 e. The number of nitrogens with one attached hydrogen (secondary N) is 1. The van der Waals surface area contributed by atoms with Crippen molar-refractivity contribution >= 4 is 54.2 Å². The second-order valence-corrected chi connectivity index (χ2v) is 10.8. The van der Waals surface area contributed by atoms with Crippen LogP contribution in [0, 0.1) is 0 Å². The zero-order chi connectivity index (χ0) is 22.8. The molecule has 0 atom stereocenters. The molecule has 0 aliphatic heterocycles. The Morgan fingerprint density at radius 3 is 2.39 bits per heavy atom. The molecule has 31 heavy (non-hydrogen) atoms. The highest BCUT2D eigenvalue weighted by molar-refractivity contribution is 7.89. The monoisotopic (exact) mass is 481 g/mol. The van der Waals surface area contributed by atoms with Crippen molar-refractivity contribution in [2.45, 2.75) is 44.7 Å². The zero-order valence-electron chi connectivity index (χ0n) is 17.6. The second-order valence-electron chi connectivity index (χ2n) is 7.46. The number of ether oxygens (including phenoxy) is 1. The minimum Gasteiger partial charge on any atom is -0.484 e. The van der Waals surface area contributed by atoms with Crippen molar-refractivity contribution in [3.05, 3.63) is 47.5 Å². The summed E-state index contributed by atoms with van der Waals surface area (Å²) in [6.07, 6.45) is 0. The maximum atomic E-state index is 13.1. The Hall–Kier alpha value is -2.20. The van der Waals surface area contributed by atoms with Crippen LogP contribution in [0.1, 0.15) is 27.7 Å². The number of hydrogen-bond donors (Lipinski definition) is 1. The first kappa shape index (κ1) is 23.5. The average Bonchev–Trinajstić information content (AvgIpc) is 3.08. The van der Waals surface area contributed by atoms with Gasteiger partial charge in [-0.05, 0) is 70.2 Å². The maximum absolute atomic E-state index is 13.1. The third-order valence-corrected chi connectivity index (χ3v) is 7.82. The van der Waals surface area contributed by atoms with E-state index in [1.54, 1.807) is 42.5 Å². The van der Waals surface area contributed by atoms with E-state index in [9.17, 15) is 13.2 Å². The Labute approximate surface area is 191 Å². The lowest BCUT2D eigenvalue weighted by molar-refractivity contribution is -0.118. The van der Waals surface area contributed by atoms with Crippen LogP contribution >= 0.6 is 22.9 Å². The number of halogens is 1. The number of rotatable bonds is 8. The van der Waals surface area contributed by atoms with Gasteiger partial charge in [-0.25, -0.2) is 13.4 Å². The lowest BCUT2D eigenvalue weighted by atomic mass is 10.3. The molecule has 166 valence electrons. The topological polar surface area (TPSA) is 88.6 Å². The molecule has 0 unspecified atom stereocenters. The van der Waals surface area contributed by atoms with Crippen molar-refractivity contribution in [1.29, 1.82) is 0 Å². The predicted molar refractivity (Wildman–Crippen MR) is 124 cm³/mol. The van der Waals surface area contributed by atoms with Crippen LogP contribution in [-0.4, -0.2) is 42.3 Å². The molecule has 1 aromatic heterocycles. The molecule has 1 amide bonds. The third-order valence-electron chi connectivity index (χ3n) is 4.38. The molecule has 0 aliphatic carbocycles. The Kier molecular flexibility index (Phi) is 7.20. The molecule has 2 aromatic carbocycles. The number of fused-ring (bicyclic) bond motifs is 1. The summed E-state index contributed by atoms with van der Waals surface area (Å²) in [5.41, 5.74) is 0.610. The molecule has 0 aliphatic rings. The van der Waals surface area contributed by atoms with Gasteiger partial charge in [0, 0.05) is 17.1 Å². The number of sulfonamides is 1. The average molecular weight is 482 g/mol. The number of amides is 1. The molecule has 1 heterocycles. The molecule has 0 saturated carbocycles. The zero-order valence-corrected chi connectivity index (χ0v) is 20.0. The second kappa shape index (κ2) is 9.52. The number of hydrogen-bond acceptors (Lipinski definition) is 6. The molecule has 0 saturated heterocycles. The molecule has 3 rings (SSSR count). The molecule has 10 heteroatoms. The Balaban J connectivity index is 1.74. The van der Waals surface area contributed by atoms with Crippen LogP contribution in [0.4, 0.5) is 5.13 Å². The minimum atomic E-state index is -3.65. The fraction of sp³-hybridized carbons (Fsp3) is 0.333. The third kappa shape index (κ3) is 5.54. The van der Waals surface area contributed by atoms with Crippen molar-refractivity contribution in [3.63, 3.8) is 0 Å². The summed E-state index contributed by atoms with van der Waals surface area (Å²) in [7, 11) is -3.65. The van der Waals surface area contributed by atoms with E-state index in [0.717, 1.165) is 0 Å². The van der Waals surface area contributed by atoms with Gasteiger partial charge in [-0.3, -0.25) is 10.1 Å². The lowest BCUT2D eigenvalue weighted by Crippen LogP contribution is -2.41. The summed E-state index contributed by atoms with van der Waals surface area (Å²) < 4.78 is 33.8. The summed E-state index contributed by atoms with van der Waals surface area (Å²) in [4.78, 5) is 16.8. The number of benzene rings is 2. The molecule has 0 radical (unpaired) electrons. The van der Waals surface area contributed by atoms with Crippen LogP contribution in [0.3, 0.4) is 0 Å². The highest BCUT2D eigenvalue weighted by atomic mass is 35.5. The molecular formula is C21H24ClN3O4S2. The van der Waals surface area contributed by atoms with E-state index in [0.29, 0.717) is 26.1 Å². The Morgan fingerprint density at radius 2 is 1.77 bits per heavy atom. The number of carbonyl (C=O) groups is 1. The van der Waals surface area contributed by atoms with Crippen LogP contribution < -0.4 is 10.1 Å². The van der Waals surface area contributed by atoms with Crippen LogP contribution in [0.5, 0.6) is 5.75 Å². The molecule has 1 N–H and O–H groups in total. The normalized spacial score (nSPS) is 12.1.